The Labute approximate surface area is 114 Å². The summed E-state index contributed by atoms with van der Waals surface area (Å²) in [5, 5.41) is 49.2. The molecular formula is C11H19NO8. The van der Waals surface area contributed by atoms with Gasteiger partial charge in [0.25, 0.3) is 0 Å². The molecule has 0 radical (unpaired) electrons. The minimum atomic E-state index is -1.66. The SMILES string of the molecule is CC(=O)N[C@H]1[C@H]([C@H](O)[C@H](O)CO)O[C@H](C(=O)O)C[C@@H]1O. The van der Waals surface area contributed by atoms with E-state index in [4.69, 9.17) is 14.9 Å². The van der Waals surface area contributed by atoms with Crippen molar-refractivity contribution >= 4 is 11.9 Å². The average molecular weight is 293 g/mol. The van der Waals surface area contributed by atoms with Crippen LogP contribution in [0.2, 0.25) is 0 Å². The van der Waals surface area contributed by atoms with Crippen LogP contribution in [-0.2, 0) is 14.3 Å². The molecule has 1 saturated heterocycles. The third kappa shape index (κ3) is 3.87. The maximum atomic E-state index is 11.1. The van der Waals surface area contributed by atoms with Crippen molar-refractivity contribution in [1.29, 1.82) is 0 Å². The quantitative estimate of drug-likeness (QED) is 0.309. The first-order valence-electron chi connectivity index (χ1n) is 6.08. The molecule has 20 heavy (non-hydrogen) atoms. The van der Waals surface area contributed by atoms with Gasteiger partial charge in [0, 0.05) is 13.3 Å². The first kappa shape index (κ1) is 16.8. The predicted molar refractivity (Wildman–Crippen MR) is 63.6 cm³/mol. The van der Waals surface area contributed by atoms with Gasteiger partial charge in [0.1, 0.15) is 18.3 Å². The van der Waals surface area contributed by atoms with Crippen molar-refractivity contribution in [3.05, 3.63) is 0 Å². The molecule has 1 aliphatic heterocycles. The number of aliphatic hydroxyl groups excluding tert-OH is 4. The third-order valence-corrected chi connectivity index (χ3v) is 3.11. The van der Waals surface area contributed by atoms with E-state index in [-0.39, 0.29) is 6.42 Å². The van der Waals surface area contributed by atoms with Crippen molar-refractivity contribution in [3.63, 3.8) is 0 Å². The van der Waals surface area contributed by atoms with Gasteiger partial charge in [0.05, 0.1) is 18.8 Å². The molecule has 1 amide bonds. The fourth-order valence-corrected chi connectivity index (χ4v) is 2.11. The fourth-order valence-electron chi connectivity index (χ4n) is 2.11. The van der Waals surface area contributed by atoms with Gasteiger partial charge in [-0.15, -0.1) is 0 Å². The zero-order valence-electron chi connectivity index (χ0n) is 10.8. The van der Waals surface area contributed by atoms with E-state index in [9.17, 15) is 24.9 Å². The Balaban J connectivity index is 2.94. The number of amides is 1. The number of aliphatic carboxylic acids is 1. The Morgan fingerprint density at radius 2 is 2.00 bits per heavy atom. The van der Waals surface area contributed by atoms with Crippen LogP contribution in [-0.4, -0.2) is 80.6 Å². The number of carboxylic acid groups (broad SMARTS) is 1. The molecule has 6 atom stereocenters. The van der Waals surface area contributed by atoms with E-state index in [1.807, 2.05) is 0 Å². The largest absolute Gasteiger partial charge is 0.479 e. The molecule has 0 aromatic rings. The van der Waals surface area contributed by atoms with Crippen LogP contribution in [0.15, 0.2) is 0 Å². The van der Waals surface area contributed by atoms with E-state index in [1.54, 1.807) is 0 Å². The Bertz CT molecular complexity index is 362. The summed E-state index contributed by atoms with van der Waals surface area (Å²) in [7, 11) is 0. The Kier molecular flexibility index (Phi) is 5.84. The lowest BCUT2D eigenvalue weighted by molar-refractivity contribution is -0.195. The molecule has 0 bridgehead atoms. The number of aliphatic hydroxyl groups is 4. The van der Waals surface area contributed by atoms with Crippen LogP contribution in [0.1, 0.15) is 13.3 Å². The molecule has 9 nitrogen and oxygen atoms in total. The highest BCUT2D eigenvalue weighted by Gasteiger charge is 2.45. The van der Waals surface area contributed by atoms with Crippen molar-refractivity contribution in [2.24, 2.45) is 0 Å². The van der Waals surface area contributed by atoms with Crippen molar-refractivity contribution in [2.45, 2.75) is 49.9 Å². The summed E-state index contributed by atoms with van der Waals surface area (Å²) < 4.78 is 5.12. The van der Waals surface area contributed by atoms with Crippen LogP contribution in [0.5, 0.6) is 0 Å². The Morgan fingerprint density at radius 1 is 1.40 bits per heavy atom. The maximum absolute atomic E-state index is 11.1. The highest BCUT2D eigenvalue weighted by Crippen LogP contribution is 2.24. The van der Waals surface area contributed by atoms with E-state index >= 15 is 0 Å². The number of carbonyl (C=O) groups is 2. The van der Waals surface area contributed by atoms with Gasteiger partial charge < -0.3 is 35.6 Å². The number of hydrogen-bond acceptors (Lipinski definition) is 7. The van der Waals surface area contributed by atoms with Crippen molar-refractivity contribution < 1.29 is 39.9 Å². The smallest absolute Gasteiger partial charge is 0.332 e. The van der Waals surface area contributed by atoms with Crippen LogP contribution in [0, 0.1) is 0 Å². The molecule has 6 N–H and O–H groups in total. The highest BCUT2D eigenvalue weighted by molar-refractivity contribution is 5.74. The number of rotatable bonds is 5. The van der Waals surface area contributed by atoms with E-state index in [2.05, 4.69) is 5.32 Å². The molecule has 1 aliphatic rings. The molecule has 0 aromatic heterocycles. The molecule has 1 heterocycles. The monoisotopic (exact) mass is 293 g/mol. The van der Waals surface area contributed by atoms with E-state index in [0.29, 0.717) is 0 Å². The molecule has 9 heteroatoms. The van der Waals surface area contributed by atoms with Crippen LogP contribution < -0.4 is 5.32 Å². The molecule has 116 valence electrons. The van der Waals surface area contributed by atoms with Crippen molar-refractivity contribution in [2.75, 3.05) is 6.61 Å². The highest BCUT2D eigenvalue weighted by atomic mass is 16.5. The minimum Gasteiger partial charge on any atom is -0.479 e. The van der Waals surface area contributed by atoms with E-state index < -0.39 is 55.0 Å². The van der Waals surface area contributed by atoms with Gasteiger partial charge in [-0.1, -0.05) is 0 Å². The number of carbonyl (C=O) groups excluding carboxylic acids is 1. The second-order valence-electron chi connectivity index (χ2n) is 4.70. The fraction of sp³-hybridized carbons (Fsp3) is 0.818. The lowest BCUT2D eigenvalue weighted by Crippen LogP contribution is -2.63. The molecule has 0 unspecified atom stereocenters. The van der Waals surface area contributed by atoms with Gasteiger partial charge in [-0.2, -0.15) is 0 Å². The molecule has 1 fully saturated rings. The zero-order valence-corrected chi connectivity index (χ0v) is 10.8. The first-order valence-corrected chi connectivity index (χ1v) is 6.08. The van der Waals surface area contributed by atoms with E-state index in [1.165, 1.54) is 6.92 Å². The zero-order chi connectivity index (χ0) is 15.4. The lowest BCUT2D eigenvalue weighted by Gasteiger charge is -2.41. The average Bonchev–Trinajstić information content (AvgIpc) is 2.38. The molecule has 0 aliphatic carbocycles. The van der Waals surface area contributed by atoms with Crippen molar-refractivity contribution in [3.8, 4) is 0 Å². The number of carboxylic acids is 1. The van der Waals surface area contributed by atoms with Crippen molar-refractivity contribution in [1.82, 2.24) is 5.32 Å². The van der Waals surface area contributed by atoms with Crippen LogP contribution >= 0.6 is 0 Å². The standard InChI is InChI=1S/C11H19NO8/c1-4(14)12-8-5(15)2-7(11(18)19)20-10(8)9(17)6(16)3-13/h5-10,13,15-17H,2-3H2,1H3,(H,12,14)(H,18,19)/t5-,6+,7-,8+,9+,10+/m0/s1. The van der Waals surface area contributed by atoms with Crippen LogP contribution in [0.4, 0.5) is 0 Å². The van der Waals surface area contributed by atoms with Gasteiger partial charge in [0.2, 0.25) is 5.91 Å². The Hall–Kier alpha value is -1.26. The van der Waals surface area contributed by atoms with E-state index in [0.717, 1.165) is 0 Å². The number of hydrogen-bond donors (Lipinski definition) is 6. The normalized spacial score (nSPS) is 33.2. The Morgan fingerprint density at radius 3 is 2.45 bits per heavy atom. The summed E-state index contributed by atoms with van der Waals surface area (Å²) >= 11 is 0. The summed E-state index contributed by atoms with van der Waals surface area (Å²) in [6.07, 6.45) is -7.51. The summed E-state index contributed by atoms with van der Waals surface area (Å²) in [6.45, 7) is 0.406. The van der Waals surface area contributed by atoms with Gasteiger partial charge in [-0.25, -0.2) is 4.79 Å². The molecule has 1 rings (SSSR count). The van der Waals surface area contributed by atoms with Crippen LogP contribution in [0.25, 0.3) is 0 Å². The van der Waals surface area contributed by atoms with Gasteiger partial charge in [-0.3, -0.25) is 4.79 Å². The molecule has 0 spiro atoms. The predicted octanol–water partition coefficient (Wildman–Crippen LogP) is -3.19. The van der Waals surface area contributed by atoms with Crippen LogP contribution in [0.3, 0.4) is 0 Å². The second-order valence-corrected chi connectivity index (χ2v) is 4.70. The molecule has 0 saturated carbocycles. The number of nitrogens with one attached hydrogen (secondary N) is 1. The summed E-state index contributed by atoms with van der Waals surface area (Å²) in [5.74, 6) is -1.84. The lowest BCUT2D eigenvalue weighted by atomic mass is 9.90. The van der Waals surface area contributed by atoms with Gasteiger partial charge >= 0.3 is 5.97 Å². The molecule has 0 aromatic carbocycles. The second kappa shape index (κ2) is 6.95. The summed E-state index contributed by atoms with van der Waals surface area (Å²) in [5.41, 5.74) is 0. The number of ether oxygens (including phenoxy) is 1. The molecular weight excluding hydrogens is 274 g/mol. The van der Waals surface area contributed by atoms with Gasteiger partial charge in [0.15, 0.2) is 6.10 Å². The third-order valence-electron chi connectivity index (χ3n) is 3.11. The topological polar surface area (TPSA) is 157 Å². The maximum Gasteiger partial charge on any atom is 0.332 e. The van der Waals surface area contributed by atoms with Gasteiger partial charge in [-0.05, 0) is 0 Å². The minimum absolute atomic E-state index is 0.265. The summed E-state index contributed by atoms with van der Waals surface area (Å²) in [6, 6.07) is -1.08. The summed E-state index contributed by atoms with van der Waals surface area (Å²) in [4.78, 5) is 22.0. The first-order chi connectivity index (χ1) is 9.27.